The van der Waals surface area contributed by atoms with Gasteiger partial charge < -0.3 is 10.2 Å². The van der Waals surface area contributed by atoms with Crippen molar-refractivity contribution >= 4 is 27.9 Å². The second-order valence-corrected chi connectivity index (χ2v) is 17.3. The van der Waals surface area contributed by atoms with Crippen LogP contribution in [0.1, 0.15) is 175 Å². The lowest BCUT2D eigenvalue weighted by atomic mass is 9.77. The first-order valence-electron chi connectivity index (χ1n) is 23.1. The Morgan fingerprint density at radius 2 is 0.919 bits per heavy atom. The van der Waals surface area contributed by atoms with Crippen molar-refractivity contribution in [2.45, 2.75) is 154 Å². The van der Waals surface area contributed by atoms with Crippen LogP contribution in [-0.2, 0) is 16.1 Å². The normalized spacial score (nSPS) is 13.2. The van der Waals surface area contributed by atoms with Crippen LogP contribution in [-0.4, -0.2) is 37.4 Å². The van der Waals surface area contributed by atoms with Crippen molar-refractivity contribution < 1.29 is 24.4 Å². The number of halogens is 1. The quantitative estimate of drug-likeness (QED) is 0.0343. The number of aromatic nitrogens is 3. The number of alkyl halides is 1. The maximum absolute atomic E-state index is 10.7. The van der Waals surface area contributed by atoms with E-state index in [-0.39, 0.29) is 6.42 Å². The van der Waals surface area contributed by atoms with Crippen molar-refractivity contribution in [3.8, 4) is 0 Å². The molecule has 5 atom stereocenters. The van der Waals surface area contributed by atoms with E-state index in [1.165, 1.54) is 40.7 Å². The van der Waals surface area contributed by atoms with E-state index in [9.17, 15) is 9.59 Å². The summed E-state index contributed by atoms with van der Waals surface area (Å²) in [6.07, 6.45) is 25.1. The van der Waals surface area contributed by atoms with Crippen LogP contribution in [0.5, 0.6) is 0 Å². The number of aryl methyl sites for hydroxylation is 1. The van der Waals surface area contributed by atoms with Crippen LogP contribution in [0.2, 0.25) is 0 Å². The number of carbonyl (C=O) groups is 2. The lowest BCUT2D eigenvalue weighted by Gasteiger charge is -2.27. The van der Waals surface area contributed by atoms with E-state index in [0.29, 0.717) is 36.0 Å². The smallest absolute Gasteiger partial charge is 0.303 e. The van der Waals surface area contributed by atoms with Crippen molar-refractivity contribution in [2.24, 2.45) is 0 Å². The van der Waals surface area contributed by atoms with Crippen molar-refractivity contribution in [3.05, 3.63) is 162 Å². The molecule has 62 heavy (non-hydrogen) atoms. The predicted molar refractivity (Wildman–Crippen MR) is 258 cm³/mol. The summed E-state index contributed by atoms with van der Waals surface area (Å²) in [5, 5.41) is 18.0. The number of benzene rings is 2. The van der Waals surface area contributed by atoms with Gasteiger partial charge in [0.25, 0.3) is 0 Å². The van der Waals surface area contributed by atoms with Gasteiger partial charge in [0.2, 0.25) is 0 Å². The molecule has 7 nitrogen and oxygen atoms in total. The third kappa shape index (κ3) is 20.5. The molecule has 0 saturated carbocycles. The average Bonchev–Trinajstić information content (AvgIpc) is 3.31. The molecule has 5 rings (SSSR count). The third-order valence-electron chi connectivity index (χ3n) is 12.0. The first kappa shape index (κ1) is 51.7. The summed E-state index contributed by atoms with van der Waals surface area (Å²) in [5.41, 5.74) is 7.08. The summed E-state index contributed by atoms with van der Waals surface area (Å²) >= 11 is 3.27. The van der Waals surface area contributed by atoms with E-state index in [4.69, 9.17) is 10.2 Å². The average molecular weight is 908 g/mol. The Morgan fingerprint density at radius 3 is 1.37 bits per heavy atom. The van der Waals surface area contributed by atoms with Crippen LogP contribution in [0.4, 0.5) is 0 Å². The molecule has 0 aliphatic carbocycles. The van der Waals surface area contributed by atoms with Gasteiger partial charge in [-0.25, -0.2) is 4.57 Å². The summed E-state index contributed by atoms with van der Waals surface area (Å²) in [4.78, 5) is 29.0. The summed E-state index contributed by atoms with van der Waals surface area (Å²) in [5.74, 6) is 1.37. The SMILES string of the molecule is CCC(CC(C)c1ccccc1)c1ccncc1.CCC(CC(CC(CC)c1cc[n+](CCCCCC(=O)O)cc1)c1ccncc1)c1ccccc1.O=C(O)CCCCCBr. The van der Waals surface area contributed by atoms with Crippen LogP contribution < -0.4 is 4.57 Å². The van der Waals surface area contributed by atoms with E-state index < -0.39 is 11.9 Å². The molecule has 0 saturated heterocycles. The van der Waals surface area contributed by atoms with Crippen molar-refractivity contribution in [2.75, 3.05) is 5.33 Å². The molecular formula is C54H73BrN3O4+. The lowest BCUT2D eigenvalue weighted by Crippen LogP contribution is -2.32. The molecule has 8 heteroatoms. The molecule has 5 aromatic rings. The van der Waals surface area contributed by atoms with Crippen molar-refractivity contribution in [1.82, 2.24) is 9.97 Å². The number of rotatable bonds is 25. The van der Waals surface area contributed by atoms with Crippen molar-refractivity contribution in [3.63, 3.8) is 0 Å². The van der Waals surface area contributed by atoms with Crippen molar-refractivity contribution in [1.29, 1.82) is 0 Å². The number of pyridine rings is 3. The molecule has 0 fully saturated rings. The van der Waals surface area contributed by atoms with Crippen LogP contribution in [0.25, 0.3) is 0 Å². The largest absolute Gasteiger partial charge is 0.481 e. The summed E-state index contributed by atoms with van der Waals surface area (Å²) in [7, 11) is 0. The van der Waals surface area contributed by atoms with Crippen LogP contribution in [0, 0.1) is 0 Å². The molecular weight excluding hydrogens is 835 g/mol. The van der Waals surface area contributed by atoms with E-state index >= 15 is 0 Å². The van der Waals surface area contributed by atoms with Gasteiger partial charge in [-0.05, 0) is 146 Å². The Morgan fingerprint density at radius 1 is 0.516 bits per heavy atom. The van der Waals surface area contributed by atoms with Gasteiger partial charge >= 0.3 is 11.9 Å². The zero-order valence-corrected chi connectivity index (χ0v) is 39.4. The fourth-order valence-corrected chi connectivity index (χ4v) is 8.59. The highest BCUT2D eigenvalue weighted by Gasteiger charge is 2.23. The minimum atomic E-state index is -0.702. The van der Waals surface area contributed by atoms with Crippen LogP contribution >= 0.6 is 15.9 Å². The van der Waals surface area contributed by atoms with Gasteiger partial charge in [0, 0.05) is 61.5 Å². The van der Waals surface area contributed by atoms with Gasteiger partial charge in [-0.15, -0.1) is 0 Å². The number of hydrogen-bond donors (Lipinski definition) is 2. The van der Waals surface area contributed by atoms with Crippen LogP contribution in [0.15, 0.2) is 134 Å². The second-order valence-electron chi connectivity index (χ2n) is 16.5. The molecule has 2 aromatic carbocycles. The minimum absolute atomic E-state index is 0.267. The molecule has 0 spiro atoms. The maximum atomic E-state index is 10.7. The first-order chi connectivity index (χ1) is 30.2. The van der Waals surface area contributed by atoms with E-state index in [1.807, 2.05) is 24.8 Å². The van der Waals surface area contributed by atoms with Gasteiger partial charge in [-0.3, -0.25) is 19.6 Å². The van der Waals surface area contributed by atoms with E-state index in [1.54, 1.807) is 0 Å². The Labute approximate surface area is 381 Å². The van der Waals surface area contributed by atoms with Crippen LogP contribution in [0.3, 0.4) is 0 Å². The zero-order chi connectivity index (χ0) is 44.8. The molecule has 334 valence electrons. The van der Waals surface area contributed by atoms with Gasteiger partial charge in [0.05, 0.1) is 0 Å². The number of aliphatic carboxylic acids is 2. The second kappa shape index (κ2) is 31.2. The highest BCUT2D eigenvalue weighted by atomic mass is 79.9. The highest BCUT2D eigenvalue weighted by Crippen LogP contribution is 2.39. The molecule has 0 aliphatic rings. The Bertz CT molecular complexity index is 1880. The summed E-state index contributed by atoms with van der Waals surface area (Å²) in [6.45, 7) is 10.1. The molecule has 2 N–H and O–H groups in total. The number of nitrogens with zero attached hydrogens (tertiary/aromatic N) is 3. The molecule has 0 aliphatic heterocycles. The predicted octanol–water partition coefficient (Wildman–Crippen LogP) is 14.1. The standard InChI is InChI=1S/C31H40N2O2.C17H21N.C6H11BrO2/c1-3-25(27-11-7-5-8-12-27)23-30(28-14-18-32-19-15-28)24-26(4-2)29-16-21-33(22-17-29)20-10-6-9-13-31(34)35;1-3-15(17-9-11-18-12-10-17)13-14(2)16-7-5-4-6-8-16;7-5-3-1-2-4-6(8)9/h5,7-8,11-12,14-19,21-22,25-26,30H,3-4,6,9-10,13,20,23-24H2,1-2H3;4-12,14-15H,3,13H2,1-2H3;1-5H2,(H,8,9)/p+1. The number of carboxylic acids is 2. The van der Waals surface area contributed by atoms with Gasteiger partial charge in [0.15, 0.2) is 12.4 Å². The Balaban J connectivity index is 0.000000313. The zero-order valence-electron chi connectivity index (χ0n) is 37.8. The Hall–Kier alpha value is -4.69. The summed E-state index contributed by atoms with van der Waals surface area (Å²) in [6, 6.07) is 35.0. The lowest BCUT2D eigenvalue weighted by molar-refractivity contribution is -0.697. The molecule has 0 amide bonds. The van der Waals surface area contributed by atoms with Gasteiger partial charge in [-0.1, -0.05) is 111 Å². The molecule has 3 heterocycles. The number of unbranched alkanes of at least 4 members (excludes halogenated alkanes) is 4. The highest BCUT2D eigenvalue weighted by molar-refractivity contribution is 9.09. The van der Waals surface area contributed by atoms with E-state index in [0.717, 1.165) is 76.1 Å². The van der Waals surface area contributed by atoms with Gasteiger partial charge in [-0.2, -0.15) is 0 Å². The monoisotopic (exact) mass is 906 g/mol. The molecule has 0 bridgehead atoms. The maximum Gasteiger partial charge on any atom is 0.303 e. The topological polar surface area (TPSA) is 104 Å². The third-order valence-corrected chi connectivity index (χ3v) is 12.5. The van der Waals surface area contributed by atoms with E-state index in [2.05, 4.69) is 168 Å². The molecule has 3 aromatic heterocycles. The fourth-order valence-electron chi connectivity index (χ4n) is 8.20. The summed E-state index contributed by atoms with van der Waals surface area (Å²) < 4.78 is 2.22. The first-order valence-corrected chi connectivity index (χ1v) is 24.2. The molecule has 5 unspecified atom stereocenters. The number of carboxylic acid groups (broad SMARTS) is 2. The molecule has 0 radical (unpaired) electrons. The fraction of sp³-hybridized carbons (Fsp3) is 0.463. The minimum Gasteiger partial charge on any atom is -0.481 e. The van der Waals surface area contributed by atoms with Gasteiger partial charge in [0.1, 0.15) is 6.54 Å². The number of hydrogen-bond acceptors (Lipinski definition) is 4. The Kier molecular flexibility index (Phi) is 26.0.